The maximum Gasteiger partial charge on any atom is 0.319 e. The van der Waals surface area contributed by atoms with E-state index in [0.717, 1.165) is 43.0 Å². The molecule has 4 atom stereocenters. The highest BCUT2D eigenvalue weighted by Gasteiger charge is 2.49. The molecule has 236 valence electrons. The van der Waals surface area contributed by atoms with Crippen LogP contribution >= 0.6 is 7.14 Å². The number of piperazine rings is 1. The van der Waals surface area contributed by atoms with Gasteiger partial charge < -0.3 is 24.6 Å². The third-order valence-corrected chi connectivity index (χ3v) is 11.8. The van der Waals surface area contributed by atoms with Gasteiger partial charge in [0.15, 0.2) is 5.82 Å². The Morgan fingerprint density at radius 1 is 1.09 bits per heavy atom. The Morgan fingerprint density at radius 3 is 2.64 bits per heavy atom. The largest absolute Gasteiger partial charge is 0.508 e. The van der Waals surface area contributed by atoms with Gasteiger partial charge in [0.25, 0.3) is 0 Å². The minimum Gasteiger partial charge on any atom is -0.508 e. The molecule has 5 heterocycles. The van der Waals surface area contributed by atoms with Crippen molar-refractivity contribution in [3.05, 3.63) is 48.3 Å². The summed E-state index contributed by atoms with van der Waals surface area (Å²) in [5.41, 5.74) is 0.288. The molecule has 11 heteroatoms. The van der Waals surface area contributed by atoms with Crippen molar-refractivity contribution in [3.8, 4) is 22.9 Å². The van der Waals surface area contributed by atoms with E-state index in [1.165, 1.54) is 6.07 Å². The zero-order valence-corrected chi connectivity index (χ0v) is 26.5. The van der Waals surface area contributed by atoms with Crippen molar-refractivity contribution < 1.29 is 23.2 Å². The molecule has 2 bridgehead atoms. The highest BCUT2D eigenvalue weighted by molar-refractivity contribution is 7.70. The minimum atomic E-state index is -3.06. The molecular formula is C34H38F2N5O3P. The van der Waals surface area contributed by atoms with E-state index < -0.39 is 24.7 Å². The molecule has 4 aromatic rings. The minimum absolute atomic E-state index is 0.0111. The number of hydrogen-bond donors (Lipinski definition) is 2. The molecule has 4 saturated heterocycles. The molecule has 1 aromatic heterocycles. The van der Waals surface area contributed by atoms with Crippen molar-refractivity contribution in [3.63, 3.8) is 0 Å². The summed E-state index contributed by atoms with van der Waals surface area (Å²) in [7, 11) is -3.06. The van der Waals surface area contributed by atoms with Crippen LogP contribution in [0.3, 0.4) is 0 Å². The lowest BCUT2D eigenvalue weighted by molar-refractivity contribution is 0.107. The average Bonchev–Trinajstić information content (AvgIpc) is 3.65. The molecule has 0 saturated carbocycles. The van der Waals surface area contributed by atoms with Crippen molar-refractivity contribution in [1.29, 1.82) is 0 Å². The molecule has 8 nitrogen and oxygen atoms in total. The number of phenolic OH excluding ortho intramolecular Hbond substituents is 1. The fraction of sp³-hybridized carbons (Fsp3) is 0.471. The van der Waals surface area contributed by atoms with Gasteiger partial charge in [-0.05, 0) is 80.1 Å². The van der Waals surface area contributed by atoms with Crippen LogP contribution < -0.4 is 20.3 Å². The number of nitrogens with zero attached hydrogens (tertiary/aromatic N) is 4. The Morgan fingerprint density at radius 2 is 1.87 bits per heavy atom. The SMILES string of the molecule is CP(C)(=O)c1cc2c(N3C[C@H]4CC[C@@H](C3)N4)nc(OC[C@@]34CCCN3C[C@H](F)C4)nc2c(F)c1-c1cc(O)cc2ccccc12. The number of rotatable bonds is 6. The smallest absolute Gasteiger partial charge is 0.319 e. The number of aromatic nitrogens is 2. The Labute approximate surface area is 261 Å². The number of phenols is 1. The quantitative estimate of drug-likeness (QED) is 0.272. The number of nitrogens with one attached hydrogen (secondary N) is 1. The van der Waals surface area contributed by atoms with E-state index in [2.05, 4.69) is 20.1 Å². The second kappa shape index (κ2) is 10.6. The van der Waals surface area contributed by atoms with Crippen LogP contribution in [-0.2, 0) is 4.57 Å². The summed E-state index contributed by atoms with van der Waals surface area (Å²) in [5.74, 6) is -0.0769. The molecule has 0 unspecified atom stereocenters. The highest BCUT2D eigenvalue weighted by Crippen LogP contribution is 2.46. The number of alkyl halides is 1. The van der Waals surface area contributed by atoms with E-state index in [9.17, 15) is 14.1 Å². The summed E-state index contributed by atoms with van der Waals surface area (Å²) in [5, 5.41) is 16.6. The van der Waals surface area contributed by atoms with Crippen LogP contribution in [0.1, 0.15) is 32.1 Å². The Balaban J connectivity index is 1.33. The Bertz CT molecular complexity index is 1870. The maximum absolute atomic E-state index is 17.3. The normalized spacial score (nSPS) is 26.7. The first-order valence-corrected chi connectivity index (χ1v) is 18.5. The van der Waals surface area contributed by atoms with Gasteiger partial charge in [-0.2, -0.15) is 9.97 Å². The van der Waals surface area contributed by atoms with Crippen LogP contribution in [0.15, 0.2) is 42.5 Å². The number of hydrogen-bond acceptors (Lipinski definition) is 8. The average molecular weight is 634 g/mol. The number of aromatic hydroxyl groups is 1. The summed E-state index contributed by atoms with van der Waals surface area (Å²) in [6.07, 6.45) is 3.45. The van der Waals surface area contributed by atoms with E-state index in [0.29, 0.717) is 60.2 Å². The number of ether oxygens (including phenoxy) is 1. The zero-order valence-electron chi connectivity index (χ0n) is 25.6. The van der Waals surface area contributed by atoms with Gasteiger partial charge in [0.1, 0.15) is 37.0 Å². The van der Waals surface area contributed by atoms with Crippen LogP contribution in [0.2, 0.25) is 0 Å². The molecule has 0 spiro atoms. The van der Waals surface area contributed by atoms with Crippen molar-refractivity contribution in [1.82, 2.24) is 20.2 Å². The summed E-state index contributed by atoms with van der Waals surface area (Å²) < 4.78 is 52.0. The van der Waals surface area contributed by atoms with Gasteiger partial charge in [0.05, 0.1) is 5.54 Å². The number of anilines is 1. The summed E-state index contributed by atoms with van der Waals surface area (Å²) in [6.45, 7) is 6.15. The molecule has 4 fully saturated rings. The molecule has 45 heavy (non-hydrogen) atoms. The van der Waals surface area contributed by atoms with E-state index in [1.54, 1.807) is 25.5 Å². The van der Waals surface area contributed by atoms with Gasteiger partial charge in [-0.25, -0.2) is 8.78 Å². The maximum atomic E-state index is 17.3. The molecule has 4 aliphatic heterocycles. The van der Waals surface area contributed by atoms with Crippen LogP contribution in [0.4, 0.5) is 14.6 Å². The first-order chi connectivity index (χ1) is 21.6. The zero-order chi connectivity index (χ0) is 31.1. The summed E-state index contributed by atoms with van der Waals surface area (Å²) >= 11 is 0. The summed E-state index contributed by atoms with van der Waals surface area (Å²) in [6, 6.07) is 13.1. The first kappa shape index (κ1) is 29.1. The van der Waals surface area contributed by atoms with Gasteiger partial charge in [-0.3, -0.25) is 4.90 Å². The van der Waals surface area contributed by atoms with E-state index >= 15 is 4.39 Å². The van der Waals surface area contributed by atoms with Crippen LogP contribution in [0.25, 0.3) is 32.8 Å². The third-order valence-electron chi connectivity index (χ3n) is 10.3. The predicted octanol–water partition coefficient (Wildman–Crippen LogP) is 5.44. The molecule has 3 aromatic carbocycles. The molecule has 0 radical (unpaired) electrons. The lowest BCUT2D eigenvalue weighted by Crippen LogP contribution is -2.51. The third kappa shape index (κ3) is 4.97. The van der Waals surface area contributed by atoms with Crippen molar-refractivity contribution >= 4 is 39.9 Å². The molecule has 0 aliphatic carbocycles. The number of halogens is 2. The highest BCUT2D eigenvalue weighted by atomic mass is 31.2. The van der Waals surface area contributed by atoms with Gasteiger partial charge in [0, 0.05) is 54.4 Å². The molecule has 8 rings (SSSR count). The summed E-state index contributed by atoms with van der Waals surface area (Å²) in [4.78, 5) is 13.9. The lowest BCUT2D eigenvalue weighted by atomic mass is 9.95. The van der Waals surface area contributed by atoms with Gasteiger partial charge in [0.2, 0.25) is 0 Å². The molecule has 2 N–H and O–H groups in total. The molecule has 4 aliphatic rings. The molecular weight excluding hydrogens is 595 g/mol. The fourth-order valence-electron chi connectivity index (χ4n) is 8.28. The van der Waals surface area contributed by atoms with E-state index in [1.807, 2.05) is 24.3 Å². The van der Waals surface area contributed by atoms with Crippen molar-refractivity contribution in [2.24, 2.45) is 0 Å². The van der Waals surface area contributed by atoms with Crippen molar-refractivity contribution in [2.45, 2.75) is 55.9 Å². The van der Waals surface area contributed by atoms with Gasteiger partial charge >= 0.3 is 6.01 Å². The van der Waals surface area contributed by atoms with Crippen LogP contribution in [0.5, 0.6) is 11.8 Å². The fourth-order valence-corrected chi connectivity index (χ4v) is 9.48. The van der Waals surface area contributed by atoms with Crippen LogP contribution in [-0.4, -0.2) is 89.9 Å². The van der Waals surface area contributed by atoms with Gasteiger partial charge in [-0.1, -0.05) is 24.3 Å². The topological polar surface area (TPSA) is 90.8 Å². The Kier molecular flexibility index (Phi) is 6.86. The second-order valence-electron chi connectivity index (χ2n) is 13.8. The Hall–Kier alpha value is -3.33. The second-order valence-corrected chi connectivity index (χ2v) is 17.0. The van der Waals surface area contributed by atoms with Gasteiger partial charge in [-0.15, -0.1) is 0 Å². The number of benzene rings is 3. The monoisotopic (exact) mass is 633 g/mol. The van der Waals surface area contributed by atoms with Crippen LogP contribution in [0, 0.1) is 5.82 Å². The lowest BCUT2D eigenvalue weighted by Gasteiger charge is -2.35. The van der Waals surface area contributed by atoms with E-state index in [-0.39, 0.29) is 29.4 Å². The predicted molar refractivity (Wildman–Crippen MR) is 174 cm³/mol. The van der Waals surface area contributed by atoms with E-state index in [4.69, 9.17) is 9.72 Å². The first-order valence-electron chi connectivity index (χ1n) is 15.9. The number of fused-ring (bicyclic) bond motifs is 5. The molecule has 0 amide bonds. The van der Waals surface area contributed by atoms with Crippen molar-refractivity contribution in [2.75, 3.05) is 51.0 Å². The standard InChI is InChI=1S/C34H38F2N5O3P/c1-45(2,43)28-14-27-31(30(36)29(28)26-13-24(42)12-20-6-3-4-7-25(20)26)38-33(39-32(27)40-17-22-8-9-23(18-40)37-22)44-19-34-10-5-11-41(34)16-21(35)15-34/h3-4,6-7,12-14,21-23,37,42H,5,8-11,15-19H2,1-2H3/t21-,22-,23+,34+/m1/s1.